The van der Waals surface area contributed by atoms with Gasteiger partial charge in [0.25, 0.3) is 0 Å². The summed E-state index contributed by atoms with van der Waals surface area (Å²) in [7, 11) is 0. The number of hydrogen-bond donors (Lipinski definition) is 4. The van der Waals surface area contributed by atoms with Gasteiger partial charge in [-0.05, 0) is 30.2 Å². The van der Waals surface area contributed by atoms with Gasteiger partial charge in [-0.3, -0.25) is 4.79 Å². The number of benzene rings is 1. The molecule has 7 heteroatoms. The Morgan fingerprint density at radius 1 is 1.15 bits per heavy atom. The molecule has 4 aliphatic rings. The molecule has 0 aromatic heterocycles. The molecular formula is C27H32O7. The lowest BCUT2D eigenvalue weighted by Crippen LogP contribution is -2.65. The quantitative estimate of drug-likeness (QED) is 0.394. The fourth-order valence-electron chi connectivity index (χ4n) is 7.45. The molecule has 4 aliphatic carbocycles. The molecule has 1 aromatic rings. The van der Waals surface area contributed by atoms with Crippen molar-refractivity contribution in [2.45, 2.75) is 57.0 Å². The second-order valence-corrected chi connectivity index (χ2v) is 11.1. The van der Waals surface area contributed by atoms with Gasteiger partial charge in [0.1, 0.15) is 11.2 Å². The molecule has 0 amide bonds. The zero-order chi connectivity index (χ0) is 24.8. The molecule has 34 heavy (non-hydrogen) atoms. The molecule has 7 nitrogen and oxygen atoms in total. The average Bonchev–Trinajstić information content (AvgIpc) is 3.24. The highest BCUT2D eigenvalue weighted by atomic mass is 16.6. The molecule has 2 saturated carbocycles. The Labute approximate surface area is 198 Å². The minimum Gasteiger partial charge on any atom is -0.452 e. The summed E-state index contributed by atoms with van der Waals surface area (Å²) >= 11 is 0. The van der Waals surface area contributed by atoms with Crippen LogP contribution in [-0.2, 0) is 9.53 Å². The summed E-state index contributed by atoms with van der Waals surface area (Å²) < 4.78 is 6.08. The molecule has 2 fully saturated rings. The van der Waals surface area contributed by atoms with E-state index in [1.54, 1.807) is 56.3 Å². The summed E-state index contributed by atoms with van der Waals surface area (Å²) in [5.74, 6) is -4.01. The highest BCUT2D eigenvalue weighted by Crippen LogP contribution is 2.76. The van der Waals surface area contributed by atoms with Gasteiger partial charge in [0, 0.05) is 35.5 Å². The van der Waals surface area contributed by atoms with Gasteiger partial charge in [-0.25, -0.2) is 4.79 Å². The molecule has 182 valence electrons. The minimum atomic E-state index is -1.91. The Morgan fingerprint density at radius 2 is 1.79 bits per heavy atom. The van der Waals surface area contributed by atoms with Crippen LogP contribution in [0.4, 0.5) is 0 Å². The van der Waals surface area contributed by atoms with Crippen LogP contribution in [0.2, 0.25) is 0 Å². The van der Waals surface area contributed by atoms with Crippen molar-refractivity contribution in [2.75, 3.05) is 6.61 Å². The Bertz CT molecular complexity index is 1120. The lowest BCUT2D eigenvalue weighted by atomic mass is 9.59. The van der Waals surface area contributed by atoms with E-state index in [-0.39, 0.29) is 13.0 Å². The van der Waals surface area contributed by atoms with Crippen LogP contribution in [0.1, 0.15) is 44.5 Å². The van der Waals surface area contributed by atoms with Gasteiger partial charge in [0.05, 0.1) is 23.9 Å². The van der Waals surface area contributed by atoms with Gasteiger partial charge < -0.3 is 25.2 Å². The largest absolute Gasteiger partial charge is 0.452 e. The first-order valence-corrected chi connectivity index (χ1v) is 11.8. The summed E-state index contributed by atoms with van der Waals surface area (Å²) in [4.78, 5) is 26.1. The van der Waals surface area contributed by atoms with Crippen LogP contribution in [0.25, 0.3) is 0 Å². The van der Waals surface area contributed by atoms with Crippen LogP contribution in [0, 0.1) is 29.1 Å². The predicted molar refractivity (Wildman–Crippen MR) is 122 cm³/mol. The molecule has 0 aliphatic heterocycles. The van der Waals surface area contributed by atoms with Crippen molar-refractivity contribution in [1.29, 1.82) is 0 Å². The highest BCUT2D eigenvalue weighted by molar-refractivity contribution is 6.04. The van der Waals surface area contributed by atoms with E-state index in [0.29, 0.717) is 16.7 Å². The molecular weight excluding hydrogens is 436 g/mol. The summed E-state index contributed by atoms with van der Waals surface area (Å²) in [6.45, 7) is 6.68. The Hall–Kier alpha value is -2.32. The third kappa shape index (κ3) is 2.61. The molecule has 0 bridgehead atoms. The summed E-state index contributed by atoms with van der Waals surface area (Å²) in [6, 6.07) is 8.55. The number of ketones is 1. The predicted octanol–water partition coefficient (Wildman–Crippen LogP) is 1.79. The number of esters is 1. The summed E-state index contributed by atoms with van der Waals surface area (Å²) in [5.41, 5.74) is -4.42. The van der Waals surface area contributed by atoms with E-state index >= 15 is 0 Å². The van der Waals surface area contributed by atoms with Gasteiger partial charge in [-0.15, -0.1) is 0 Å². The molecule has 0 saturated heterocycles. The number of fused-ring (bicyclic) bond motifs is 5. The maximum absolute atomic E-state index is 13.1. The first kappa shape index (κ1) is 23.4. The van der Waals surface area contributed by atoms with Crippen LogP contribution < -0.4 is 0 Å². The van der Waals surface area contributed by atoms with Crippen LogP contribution in [0.5, 0.6) is 0 Å². The number of ether oxygens (including phenoxy) is 1. The number of aliphatic hydroxyl groups is 4. The molecule has 1 aromatic carbocycles. The number of carbonyl (C=O) groups excluding carboxylic acids is 2. The molecule has 5 rings (SSSR count). The Balaban J connectivity index is 1.64. The number of carbonyl (C=O) groups is 2. The SMILES string of the molecule is CC1=C[C@H]2[C@@]3(O)[C@H](C)[C@@H](O)[C@]4(OC(=O)c5ccccc5)C([C@@H]3C=C(CO)C[C@]2(O)C1=O)C4(C)C. The zero-order valence-corrected chi connectivity index (χ0v) is 19.9. The molecule has 8 atom stereocenters. The van der Waals surface area contributed by atoms with Gasteiger partial charge in [0.2, 0.25) is 0 Å². The maximum Gasteiger partial charge on any atom is 0.338 e. The second kappa shape index (κ2) is 7.10. The lowest BCUT2D eigenvalue weighted by molar-refractivity contribution is -0.209. The number of Topliss-reactive ketones (excluding diaryl/α,β-unsaturated/α-hetero) is 1. The maximum atomic E-state index is 13.1. The third-order valence-electron chi connectivity index (χ3n) is 9.27. The van der Waals surface area contributed by atoms with Crippen LogP contribution in [-0.4, -0.2) is 61.7 Å². The Kier molecular flexibility index (Phi) is 4.89. The number of hydrogen-bond acceptors (Lipinski definition) is 7. The lowest BCUT2D eigenvalue weighted by Gasteiger charge is -2.52. The summed E-state index contributed by atoms with van der Waals surface area (Å²) in [5, 5.41) is 45.5. The van der Waals surface area contributed by atoms with E-state index < -0.39 is 63.7 Å². The van der Waals surface area contributed by atoms with E-state index in [9.17, 15) is 30.0 Å². The van der Waals surface area contributed by atoms with Crippen molar-refractivity contribution in [1.82, 2.24) is 0 Å². The van der Waals surface area contributed by atoms with Crippen molar-refractivity contribution in [3.8, 4) is 0 Å². The van der Waals surface area contributed by atoms with E-state index in [0.717, 1.165) is 0 Å². The van der Waals surface area contributed by atoms with Crippen LogP contribution >= 0.6 is 0 Å². The zero-order valence-electron chi connectivity index (χ0n) is 19.9. The van der Waals surface area contributed by atoms with Crippen molar-refractivity contribution < 1.29 is 34.8 Å². The van der Waals surface area contributed by atoms with Crippen molar-refractivity contribution in [2.24, 2.45) is 29.1 Å². The van der Waals surface area contributed by atoms with Gasteiger partial charge in [-0.2, -0.15) is 0 Å². The van der Waals surface area contributed by atoms with Crippen molar-refractivity contribution >= 4 is 11.8 Å². The number of rotatable bonds is 3. The first-order chi connectivity index (χ1) is 15.9. The molecule has 0 radical (unpaired) electrons. The number of aliphatic hydroxyl groups excluding tert-OH is 2. The van der Waals surface area contributed by atoms with Crippen LogP contribution in [0.15, 0.2) is 53.6 Å². The second-order valence-electron chi connectivity index (χ2n) is 11.1. The smallest absolute Gasteiger partial charge is 0.338 e. The standard InChI is InChI=1S/C27H32O7/c1-14-10-19-25(32,21(14)29)12-16(13-28)11-18-20-24(3,4)27(20,22(30)15(2)26(18,19)33)34-23(31)17-8-6-5-7-9-17/h5-11,15,18-20,22,28,30,32-33H,12-13H2,1-4H3/t15-,18+,19-,20?,22-,25-,26-,27-/m1/s1. The molecule has 1 unspecified atom stereocenters. The topological polar surface area (TPSA) is 124 Å². The summed E-state index contributed by atoms with van der Waals surface area (Å²) in [6.07, 6.45) is 2.00. The fraction of sp³-hybridized carbons (Fsp3) is 0.556. The van der Waals surface area contributed by atoms with Crippen LogP contribution in [0.3, 0.4) is 0 Å². The van der Waals surface area contributed by atoms with E-state index in [2.05, 4.69) is 0 Å². The van der Waals surface area contributed by atoms with Gasteiger partial charge in [-0.1, -0.05) is 51.1 Å². The first-order valence-electron chi connectivity index (χ1n) is 11.8. The van der Waals surface area contributed by atoms with Crippen molar-refractivity contribution in [3.63, 3.8) is 0 Å². The molecule has 0 spiro atoms. The van der Waals surface area contributed by atoms with E-state index in [4.69, 9.17) is 4.74 Å². The average molecular weight is 469 g/mol. The Morgan fingerprint density at radius 3 is 2.41 bits per heavy atom. The highest BCUT2D eigenvalue weighted by Gasteiger charge is 2.86. The normalized spacial score (nSPS) is 44.1. The third-order valence-corrected chi connectivity index (χ3v) is 9.27. The van der Waals surface area contributed by atoms with E-state index in [1.165, 1.54) is 0 Å². The molecule has 0 heterocycles. The fourth-order valence-corrected chi connectivity index (χ4v) is 7.45. The molecule has 4 N–H and O–H groups in total. The van der Waals surface area contributed by atoms with E-state index in [1.807, 2.05) is 13.8 Å². The van der Waals surface area contributed by atoms with Gasteiger partial charge in [0.15, 0.2) is 5.78 Å². The minimum absolute atomic E-state index is 0.105. The van der Waals surface area contributed by atoms with Gasteiger partial charge >= 0.3 is 5.97 Å². The monoisotopic (exact) mass is 468 g/mol. The van der Waals surface area contributed by atoms with Crippen molar-refractivity contribution in [3.05, 3.63) is 59.2 Å².